The lowest BCUT2D eigenvalue weighted by Gasteiger charge is -2.26. The van der Waals surface area contributed by atoms with Crippen LogP contribution in [-0.2, 0) is 0 Å². The summed E-state index contributed by atoms with van der Waals surface area (Å²) in [5, 5.41) is 3.00. The number of thiazole rings is 1. The van der Waals surface area contributed by atoms with Crippen molar-refractivity contribution in [3.05, 3.63) is 59.1 Å². The van der Waals surface area contributed by atoms with Gasteiger partial charge in [0, 0.05) is 13.1 Å². The van der Waals surface area contributed by atoms with E-state index in [-0.39, 0.29) is 5.91 Å². The van der Waals surface area contributed by atoms with E-state index in [0.717, 1.165) is 28.6 Å². The molecular weight excluding hydrogens is 482 g/mol. The predicted molar refractivity (Wildman–Crippen MR) is 146 cm³/mol. The van der Waals surface area contributed by atoms with Crippen LogP contribution in [0.2, 0.25) is 5.02 Å². The zero-order chi connectivity index (χ0) is 24.9. The van der Waals surface area contributed by atoms with Crippen molar-refractivity contribution in [1.29, 1.82) is 0 Å². The molecule has 1 amide bonds. The molecule has 0 aliphatic carbocycles. The molecule has 0 N–H and O–H groups in total. The Labute approximate surface area is 215 Å². The molecule has 4 rings (SSSR count). The fourth-order valence-electron chi connectivity index (χ4n) is 4.17. The van der Waals surface area contributed by atoms with Gasteiger partial charge in [-0.15, -0.1) is 0 Å². The number of halogens is 1. The molecule has 0 spiro atoms. The van der Waals surface area contributed by atoms with E-state index in [2.05, 4.69) is 18.7 Å². The van der Waals surface area contributed by atoms with Crippen molar-refractivity contribution in [1.82, 2.24) is 9.88 Å². The van der Waals surface area contributed by atoms with E-state index in [0.29, 0.717) is 52.4 Å². The fraction of sp³-hybridized carbons (Fsp3) is 0.333. The molecule has 4 aromatic rings. The van der Waals surface area contributed by atoms with Crippen molar-refractivity contribution in [2.24, 2.45) is 0 Å². The minimum atomic E-state index is -0.147. The van der Waals surface area contributed by atoms with Crippen molar-refractivity contribution >= 4 is 55.0 Å². The number of amides is 1. The van der Waals surface area contributed by atoms with Gasteiger partial charge in [0.05, 0.1) is 29.0 Å². The zero-order valence-corrected chi connectivity index (χ0v) is 22.1. The van der Waals surface area contributed by atoms with Crippen molar-refractivity contribution in [2.45, 2.75) is 20.8 Å². The Kier molecular flexibility index (Phi) is 8.11. The third-order valence-electron chi connectivity index (χ3n) is 6.08. The van der Waals surface area contributed by atoms with E-state index in [1.807, 2.05) is 43.3 Å². The summed E-state index contributed by atoms with van der Waals surface area (Å²) in [4.78, 5) is 23.2. The molecular formula is C27H30ClN3O3S. The van der Waals surface area contributed by atoms with E-state index in [4.69, 9.17) is 26.1 Å². The van der Waals surface area contributed by atoms with Crippen LogP contribution in [0.4, 0.5) is 5.13 Å². The molecule has 0 radical (unpaired) electrons. The highest BCUT2D eigenvalue weighted by Crippen LogP contribution is 2.40. The van der Waals surface area contributed by atoms with Gasteiger partial charge >= 0.3 is 0 Å². The Hall–Kier alpha value is -2.87. The average Bonchev–Trinajstić information content (AvgIpc) is 3.33. The Morgan fingerprint density at radius 1 is 1.00 bits per heavy atom. The third-order valence-corrected chi connectivity index (χ3v) is 7.62. The zero-order valence-electron chi connectivity index (χ0n) is 20.5. The van der Waals surface area contributed by atoms with Crippen LogP contribution >= 0.6 is 22.9 Å². The highest BCUT2D eigenvalue weighted by molar-refractivity contribution is 7.23. The van der Waals surface area contributed by atoms with E-state index >= 15 is 0 Å². The monoisotopic (exact) mass is 511 g/mol. The van der Waals surface area contributed by atoms with Crippen LogP contribution in [0.3, 0.4) is 0 Å². The van der Waals surface area contributed by atoms with Crippen LogP contribution < -0.4 is 14.4 Å². The molecule has 3 aromatic carbocycles. The quantitative estimate of drug-likeness (QED) is 0.243. The van der Waals surface area contributed by atoms with E-state index < -0.39 is 0 Å². The van der Waals surface area contributed by atoms with E-state index in [1.165, 1.54) is 11.3 Å². The molecule has 0 saturated heterocycles. The van der Waals surface area contributed by atoms with E-state index in [9.17, 15) is 4.79 Å². The number of carbonyl (C=O) groups is 1. The maximum atomic E-state index is 14.3. The molecule has 35 heavy (non-hydrogen) atoms. The van der Waals surface area contributed by atoms with Gasteiger partial charge in [-0.1, -0.05) is 67.1 Å². The maximum absolute atomic E-state index is 14.3. The van der Waals surface area contributed by atoms with Crippen molar-refractivity contribution in [3.8, 4) is 11.5 Å². The third kappa shape index (κ3) is 5.08. The summed E-state index contributed by atoms with van der Waals surface area (Å²) >= 11 is 7.90. The van der Waals surface area contributed by atoms with Crippen LogP contribution in [0.15, 0.2) is 48.5 Å². The molecule has 0 unspecified atom stereocenters. The van der Waals surface area contributed by atoms with E-state index in [1.54, 1.807) is 24.1 Å². The van der Waals surface area contributed by atoms with Crippen molar-refractivity contribution in [2.75, 3.05) is 44.8 Å². The lowest BCUT2D eigenvalue weighted by Crippen LogP contribution is -2.39. The largest absolute Gasteiger partial charge is 0.494 e. The van der Waals surface area contributed by atoms with Gasteiger partial charge in [0.25, 0.3) is 5.91 Å². The average molecular weight is 512 g/mol. The van der Waals surface area contributed by atoms with Gasteiger partial charge in [-0.3, -0.25) is 9.69 Å². The Morgan fingerprint density at radius 3 is 2.46 bits per heavy atom. The van der Waals surface area contributed by atoms with Gasteiger partial charge in [-0.05, 0) is 49.0 Å². The topological polar surface area (TPSA) is 54.9 Å². The van der Waals surface area contributed by atoms with Crippen LogP contribution in [0.25, 0.3) is 21.0 Å². The van der Waals surface area contributed by atoms with Gasteiger partial charge in [0.15, 0.2) is 5.13 Å². The minimum absolute atomic E-state index is 0.147. The second kappa shape index (κ2) is 11.2. The fourth-order valence-corrected chi connectivity index (χ4v) is 5.45. The van der Waals surface area contributed by atoms with Crippen molar-refractivity contribution < 1.29 is 14.3 Å². The highest BCUT2D eigenvalue weighted by Gasteiger charge is 2.27. The lowest BCUT2D eigenvalue weighted by atomic mass is 10.0. The summed E-state index contributed by atoms with van der Waals surface area (Å²) in [6.07, 6.45) is 0. The normalized spacial score (nSPS) is 11.4. The molecule has 1 heterocycles. The molecule has 184 valence electrons. The Bertz CT molecular complexity index is 1340. The number of aromatic nitrogens is 1. The highest BCUT2D eigenvalue weighted by atomic mass is 35.5. The first-order valence-corrected chi connectivity index (χ1v) is 13.0. The lowest BCUT2D eigenvalue weighted by molar-refractivity contribution is 0.0982. The summed E-state index contributed by atoms with van der Waals surface area (Å²) < 4.78 is 12.2. The summed E-state index contributed by atoms with van der Waals surface area (Å²) in [5.74, 6) is 1.05. The summed E-state index contributed by atoms with van der Waals surface area (Å²) in [6.45, 7) is 9.62. The van der Waals surface area contributed by atoms with Crippen molar-refractivity contribution in [3.63, 3.8) is 0 Å². The summed E-state index contributed by atoms with van der Waals surface area (Å²) in [6, 6.07) is 15.3. The molecule has 0 bridgehead atoms. The molecule has 0 aliphatic rings. The number of benzene rings is 3. The second-order valence-electron chi connectivity index (χ2n) is 8.00. The number of fused-ring (bicyclic) bond motifs is 2. The molecule has 8 heteroatoms. The number of nitrogens with zero attached hydrogens (tertiary/aromatic N) is 3. The first kappa shape index (κ1) is 25.2. The molecule has 0 atom stereocenters. The molecule has 6 nitrogen and oxygen atoms in total. The van der Waals surface area contributed by atoms with Gasteiger partial charge in [-0.2, -0.15) is 0 Å². The van der Waals surface area contributed by atoms with Gasteiger partial charge in [0.2, 0.25) is 0 Å². The number of hydrogen-bond acceptors (Lipinski definition) is 6. The van der Waals surface area contributed by atoms with Gasteiger partial charge in [0.1, 0.15) is 17.0 Å². The first-order valence-electron chi connectivity index (χ1n) is 11.8. The SMILES string of the molecule is CCOc1ccc2ccccc2c1C(=O)N(CCN(CC)CC)c1nc2c(OC)ccc(Cl)c2s1. The Morgan fingerprint density at radius 2 is 1.74 bits per heavy atom. The number of ether oxygens (including phenoxy) is 2. The molecule has 1 aromatic heterocycles. The smallest absolute Gasteiger partial charge is 0.264 e. The number of likely N-dealkylation sites (N-methyl/N-ethyl adjacent to an activating group) is 1. The minimum Gasteiger partial charge on any atom is -0.494 e. The predicted octanol–water partition coefficient (Wildman–Crippen LogP) is 6.50. The summed E-state index contributed by atoms with van der Waals surface area (Å²) in [5.41, 5.74) is 1.20. The maximum Gasteiger partial charge on any atom is 0.264 e. The number of methoxy groups -OCH3 is 1. The van der Waals surface area contributed by atoms with Gasteiger partial charge < -0.3 is 14.4 Å². The molecule has 0 fully saturated rings. The van der Waals surface area contributed by atoms with Crippen LogP contribution in [0.1, 0.15) is 31.1 Å². The van der Waals surface area contributed by atoms with Crippen LogP contribution in [-0.4, -0.2) is 55.7 Å². The number of carbonyl (C=O) groups excluding carboxylic acids is 1. The second-order valence-corrected chi connectivity index (χ2v) is 9.39. The first-order chi connectivity index (χ1) is 17.0. The van der Waals surface area contributed by atoms with Crippen LogP contribution in [0, 0.1) is 0 Å². The molecule has 0 aliphatic heterocycles. The number of rotatable bonds is 10. The number of hydrogen-bond donors (Lipinski definition) is 0. The Balaban J connectivity index is 1.87. The number of anilines is 1. The summed E-state index contributed by atoms with van der Waals surface area (Å²) in [7, 11) is 1.61. The standard InChI is InChI=1S/C27H30ClN3O3S/c1-5-30(6-2)16-17-31(27-29-24-22(33-4)15-13-20(28)25(24)35-27)26(32)23-19-11-9-8-10-18(19)12-14-21(23)34-7-3/h8-15H,5-7,16-17H2,1-4H3. The van der Waals surface area contributed by atoms with Gasteiger partial charge in [-0.25, -0.2) is 4.98 Å². The van der Waals surface area contributed by atoms with Crippen LogP contribution in [0.5, 0.6) is 11.5 Å². The molecule has 0 saturated carbocycles.